The summed E-state index contributed by atoms with van der Waals surface area (Å²) < 4.78 is 24.0. The molecule has 1 aromatic rings. The zero-order valence-corrected chi connectivity index (χ0v) is 19.5. The van der Waals surface area contributed by atoms with E-state index < -0.39 is 24.0 Å². The van der Waals surface area contributed by atoms with E-state index in [2.05, 4.69) is 13.8 Å². The van der Waals surface area contributed by atoms with Crippen molar-refractivity contribution in [2.24, 2.45) is 23.7 Å². The summed E-state index contributed by atoms with van der Waals surface area (Å²) >= 11 is 0. The van der Waals surface area contributed by atoms with Gasteiger partial charge >= 0.3 is 5.97 Å². The number of fused-ring (bicyclic) bond motifs is 2. The highest BCUT2D eigenvalue weighted by molar-refractivity contribution is 5.77. The number of hydrogen-bond acceptors (Lipinski definition) is 7. The SMILES string of the molecule is COC(=O)C(C)c1ccc(O[C@H]2O[C@@H]3O[C@]4(C)CCC5[C@H](C)CCC([C@H]2C)[C@]53OO4)cc1. The molecule has 1 aromatic carbocycles. The molecule has 0 N–H and O–H groups in total. The molecule has 9 atom stereocenters. The van der Waals surface area contributed by atoms with Crippen LogP contribution >= 0.6 is 0 Å². The Morgan fingerprint density at radius 3 is 2.56 bits per heavy atom. The molecule has 7 heteroatoms. The van der Waals surface area contributed by atoms with Crippen molar-refractivity contribution >= 4 is 5.97 Å². The second kappa shape index (κ2) is 7.97. The third-order valence-corrected chi connectivity index (χ3v) is 8.28. The Bertz CT molecular complexity index is 856. The Morgan fingerprint density at radius 2 is 1.84 bits per heavy atom. The zero-order chi connectivity index (χ0) is 22.7. The maximum atomic E-state index is 11.8. The predicted molar refractivity (Wildman–Crippen MR) is 114 cm³/mol. The molecule has 4 heterocycles. The predicted octanol–water partition coefficient (Wildman–Crippen LogP) is 4.55. The van der Waals surface area contributed by atoms with Crippen LogP contribution in [0.25, 0.3) is 0 Å². The molecular weight excluding hydrogens is 412 g/mol. The van der Waals surface area contributed by atoms with Crippen LogP contribution in [0.3, 0.4) is 0 Å². The topological polar surface area (TPSA) is 72.5 Å². The zero-order valence-electron chi connectivity index (χ0n) is 19.5. The number of methoxy groups -OCH3 is 1. The molecule has 1 aliphatic carbocycles. The molecule has 1 spiro atoms. The van der Waals surface area contributed by atoms with Gasteiger partial charge in [0, 0.05) is 18.3 Å². The molecule has 32 heavy (non-hydrogen) atoms. The maximum absolute atomic E-state index is 11.8. The van der Waals surface area contributed by atoms with Gasteiger partial charge in [-0.25, -0.2) is 9.78 Å². The Kier molecular flexibility index (Phi) is 5.52. The minimum atomic E-state index is -0.797. The molecule has 0 radical (unpaired) electrons. The molecule has 2 bridgehead atoms. The lowest BCUT2D eigenvalue weighted by Gasteiger charge is -2.60. The highest BCUT2D eigenvalue weighted by atomic mass is 17.3. The number of rotatable bonds is 4. The van der Waals surface area contributed by atoms with E-state index in [0.29, 0.717) is 17.6 Å². The molecule has 5 aliphatic rings. The Balaban J connectivity index is 1.38. The number of carbonyl (C=O) groups excluding carboxylic acids is 1. The van der Waals surface area contributed by atoms with Crippen molar-refractivity contribution in [2.75, 3.05) is 7.11 Å². The first-order chi connectivity index (χ1) is 15.3. The van der Waals surface area contributed by atoms with E-state index in [1.54, 1.807) is 0 Å². The first-order valence-electron chi connectivity index (χ1n) is 11.8. The smallest absolute Gasteiger partial charge is 0.312 e. The van der Waals surface area contributed by atoms with Crippen molar-refractivity contribution in [3.05, 3.63) is 29.8 Å². The molecule has 3 unspecified atom stereocenters. The highest BCUT2D eigenvalue weighted by Gasteiger charge is 2.69. The number of esters is 1. The molecule has 0 aromatic heterocycles. The minimum Gasteiger partial charge on any atom is -0.469 e. The lowest BCUT2D eigenvalue weighted by molar-refractivity contribution is -0.575. The molecule has 176 valence electrons. The van der Waals surface area contributed by atoms with E-state index in [1.165, 1.54) is 7.11 Å². The van der Waals surface area contributed by atoms with E-state index in [4.69, 9.17) is 28.7 Å². The second-order valence-electron chi connectivity index (χ2n) is 10.2. The van der Waals surface area contributed by atoms with E-state index in [0.717, 1.165) is 31.2 Å². The monoisotopic (exact) mass is 446 g/mol. The van der Waals surface area contributed by atoms with E-state index in [1.807, 2.05) is 38.1 Å². The summed E-state index contributed by atoms with van der Waals surface area (Å²) in [5.41, 5.74) is 0.292. The van der Waals surface area contributed by atoms with Crippen LogP contribution in [-0.4, -0.2) is 37.0 Å². The third-order valence-electron chi connectivity index (χ3n) is 8.28. The van der Waals surface area contributed by atoms with Gasteiger partial charge in [-0.1, -0.05) is 26.0 Å². The van der Waals surface area contributed by atoms with Gasteiger partial charge in [-0.15, -0.1) is 0 Å². The summed E-state index contributed by atoms with van der Waals surface area (Å²) in [6.07, 6.45) is 2.99. The van der Waals surface area contributed by atoms with Gasteiger partial charge in [0.05, 0.1) is 13.0 Å². The number of ether oxygens (including phenoxy) is 4. The van der Waals surface area contributed by atoms with Gasteiger partial charge in [0.15, 0.2) is 11.9 Å². The summed E-state index contributed by atoms with van der Waals surface area (Å²) in [6, 6.07) is 7.54. The fourth-order valence-corrected chi connectivity index (χ4v) is 6.29. The third kappa shape index (κ3) is 3.36. The van der Waals surface area contributed by atoms with Crippen LogP contribution in [0.2, 0.25) is 0 Å². The lowest BCUT2D eigenvalue weighted by Crippen LogP contribution is -2.70. The van der Waals surface area contributed by atoms with Gasteiger partial charge in [0.1, 0.15) is 5.75 Å². The van der Waals surface area contributed by atoms with Crippen molar-refractivity contribution in [1.82, 2.24) is 0 Å². The van der Waals surface area contributed by atoms with Gasteiger partial charge in [-0.05, 0) is 62.6 Å². The second-order valence-corrected chi connectivity index (χ2v) is 10.2. The van der Waals surface area contributed by atoms with Gasteiger partial charge in [-0.2, -0.15) is 0 Å². The molecule has 4 aliphatic heterocycles. The molecule has 7 nitrogen and oxygen atoms in total. The summed E-state index contributed by atoms with van der Waals surface area (Å²) in [4.78, 5) is 23.9. The van der Waals surface area contributed by atoms with Crippen LogP contribution in [0.5, 0.6) is 5.75 Å². The van der Waals surface area contributed by atoms with Crippen LogP contribution < -0.4 is 4.74 Å². The highest BCUT2D eigenvalue weighted by Crippen LogP contribution is 2.60. The number of benzene rings is 1. The van der Waals surface area contributed by atoms with Gasteiger partial charge in [0.25, 0.3) is 0 Å². The quantitative estimate of drug-likeness (QED) is 0.496. The molecule has 0 amide bonds. The van der Waals surface area contributed by atoms with Gasteiger partial charge in [-0.3, -0.25) is 4.79 Å². The summed E-state index contributed by atoms with van der Waals surface area (Å²) in [7, 11) is 1.40. The van der Waals surface area contributed by atoms with Crippen molar-refractivity contribution in [2.45, 2.75) is 83.3 Å². The van der Waals surface area contributed by atoms with Crippen molar-refractivity contribution in [1.29, 1.82) is 0 Å². The molecular formula is C25H34O7. The first-order valence-corrected chi connectivity index (χ1v) is 11.8. The molecule has 6 rings (SSSR count). The van der Waals surface area contributed by atoms with E-state index in [-0.39, 0.29) is 23.7 Å². The Labute approximate surface area is 189 Å². The van der Waals surface area contributed by atoms with Gasteiger partial charge in [0.2, 0.25) is 12.1 Å². The first kappa shape index (κ1) is 22.1. The largest absolute Gasteiger partial charge is 0.469 e. The normalized spacial score (nSPS) is 43.7. The van der Waals surface area contributed by atoms with Gasteiger partial charge < -0.3 is 18.9 Å². The van der Waals surface area contributed by atoms with E-state index in [9.17, 15) is 4.79 Å². The van der Waals surface area contributed by atoms with E-state index >= 15 is 0 Å². The Morgan fingerprint density at radius 1 is 1.09 bits per heavy atom. The summed E-state index contributed by atoms with van der Waals surface area (Å²) in [5.74, 6) is 0.490. The fraction of sp³-hybridized carbons (Fsp3) is 0.720. The van der Waals surface area contributed by atoms with Crippen molar-refractivity contribution in [3.8, 4) is 5.75 Å². The molecule has 5 fully saturated rings. The van der Waals surface area contributed by atoms with Crippen LogP contribution in [0.15, 0.2) is 24.3 Å². The summed E-state index contributed by atoms with van der Waals surface area (Å²) in [5, 5.41) is 0. The Hall–Kier alpha value is -1.67. The lowest BCUT2D eigenvalue weighted by atomic mass is 9.58. The summed E-state index contributed by atoms with van der Waals surface area (Å²) in [6.45, 7) is 8.23. The van der Waals surface area contributed by atoms with Crippen LogP contribution in [0.1, 0.15) is 64.9 Å². The standard InChI is InChI=1S/C25H34O7/c1-14-6-11-20-16(3)22(28-18-9-7-17(8-10-18)15(2)21(26)27-5)29-23-25(20)19(14)12-13-24(4,30-23)31-32-25/h7-10,14-16,19-20,22-23H,6,11-13H2,1-5H3/t14-,15?,16-,19?,20?,22+,23-,24+,25-/m1/s1. The van der Waals surface area contributed by atoms with Crippen molar-refractivity contribution in [3.63, 3.8) is 0 Å². The minimum absolute atomic E-state index is 0.101. The number of carbonyl (C=O) groups is 1. The fourth-order valence-electron chi connectivity index (χ4n) is 6.29. The van der Waals surface area contributed by atoms with Crippen LogP contribution in [-0.2, 0) is 28.8 Å². The van der Waals surface area contributed by atoms with Crippen LogP contribution in [0.4, 0.5) is 0 Å². The average molecular weight is 447 g/mol. The number of hydrogen-bond donors (Lipinski definition) is 0. The maximum Gasteiger partial charge on any atom is 0.312 e. The molecule has 4 saturated heterocycles. The average Bonchev–Trinajstić information content (AvgIpc) is 3.02. The van der Waals surface area contributed by atoms with Crippen molar-refractivity contribution < 1.29 is 33.5 Å². The van der Waals surface area contributed by atoms with Crippen LogP contribution in [0, 0.1) is 23.7 Å². The molecule has 1 saturated carbocycles.